The fourth-order valence-electron chi connectivity index (χ4n) is 2.61. The summed E-state index contributed by atoms with van der Waals surface area (Å²) < 4.78 is 25.7. The van der Waals surface area contributed by atoms with Crippen molar-refractivity contribution in [3.63, 3.8) is 0 Å². The maximum atomic E-state index is 8.79. The summed E-state index contributed by atoms with van der Waals surface area (Å²) in [7, 11) is 0. The first-order valence-corrected chi connectivity index (χ1v) is 7.47. The molecule has 2 heteroatoms. The maximum Gasteiger partial charge on any atom is 0.126 e. The van der Waals surface area contributed by atoms with Gasteiger partial charge in [-0.15, -0.1) is 0 Å². The van der Waals surface area contributed by atoms with E-state index in [9.17, 15) is 0 Å². The summed E-state index contributed by atoms with van der Waals surface area (Å²) in [6.45, 7) is 1.77. The molecule has 1 heterocycles. The molecule has 0 N–H and O–H groups in total. The number of hydrogen-bond acceptors (Lipinski definition) is 2. The van der Waals surface area contributed by atoms with Crippen molar-refractivity contribution < 1.29 is 4.11 Å². The molecule has 110 valence electrons. The number of aromatic nitrogens is 2. The van der Waals surface area contributed by atoms with Crippen LogP contribution in [0, 0.1) is 6.92 Å². The van der Waals surface area contributed by atoms with Gasteiger partial charge in [0.2, 0.25) is 0 Å². The molecule has 0 spiro atoms. The molecule has 0 fully saturated rings. The third-order valence-electron chi connectivity index (χ3n) is 3.69. The highest BCUT2D eigenvalue weighted by Gasteiger charge is 2.09. The predicted molar refractivity (Wildman–Crippen MR) is 95.1 cm³/mol. The van der Waals surface area contributed by atoms with E-state index in [1.165, 1.54) is 0 Å². The summed E-state index contributed by atoms with van der Waals surface area (Å²) in [6.07, 6.45) is 0. The van der Waals surface area contributed by atoms with Crippen molar-refractivity contribution in [1.29, 1.82) is 0 Å². The Morgan fingerprint density at radius 3 is 2.09 bits per heavy atom. The van der Waals surface area contributed by atoms with Crippen LogP contribution in [0.4, 0.5) is 0 Å². The van der Waals surface area contributed by atoms with Crippen molar-refractivity contribution in [2.45, 2.75) is 6.92 Å². The third kappa shape index (κ3) is 2.59. The Bertz CT molecular complexity index is 1110. The lowest BCUT2D eigenvalue weighted by molar-refractivity contribution is 1.10. The van der Waals surface area contributed by atoms with Crippen LogP contribution in [-0.2, 0) is 0 Å². The molecule has 0 unspecified atom stereocenters. The summed E-state index contributed by atoms with van der Waals surface area (Å²) in [5.41, 5.74) is 3.03. The fraction of sp³-hybridized carbons (Fsp3) is 0.0476. The van der Waals surface area contributed by atoms with Crippen molar-refractivity contribution in [3.05, 3.63) is 84.6 Å². The zero-order chi connectivity index (χ0) is 18.3. The van der Waals surface area contributed by atoms with Crippen molar-refractivity contribution in [2.24, 2.45) is 0 Å². The van der Waals surface area contributed by atoms with Gasteiger partial charge in [0.15, 0.2) is 0 Å². The average molecular weight is 299 g/mol. The Morgan fingerprint density at radius 1 is 0.739 bits per heavy atom. The SMILES string of the molecule is [2H]c1c(-c2ccccc2)c([2H])c2c(-c3ccccc3)nc(C)nc2c1[2H]. The van der Waals surface area contributed by atoms with E-state index in [1.54, 1.807) is 6.92 Å². The van der Waals surface area contributed by atoms with Crippen molar-refractivity contribution in [1.82, 2.24) is 9.97 Å². The molecule has 0 amide bonds. The highest BCUT2D eigenvalue weighted by Crippen LogP contribution is 2.30. The molecule has 0 saturated carbocycles. The summed E-state index contributed by atoms with van der Waals surface area (Å²) in [5.74, 6) is 0.524. The molecule has 0 saturated heterocycles. The van der Waals surface area contributed by atoms with E-state index in [-0.39, 0.29) is 18.1 Å². The van der Waals surface area contributed by atoms with Crippen LogP contribution < -0.4 is 0 Å². The second-order valence-electron chi connectivity index (χ2n) is 5.33. The lowest BCUT2D eigenvalue weighted by atomic mass is 10.0. The van der Waals surface area contributed by atoms with Crippen LogP contribution >= 0.6 is 0 Å². The average Bonchev–Trinajstić information content (AvgIpc) is 2.67. The predicted octanol–water partition coefficient (Wildman–Crippen LogP) is 5.27. The van der Waals surface area contributed by atoms with Gasteiger partial charge in [0.1, 0.15) is 5.82 Å². The molecule has 0 aliphatic rings. The molecule has 4 aromatic rings. The molecule has 4 rings (SSSR count). The second-order valence-corrected chi connectivity index (χ2v) is 5.33. The third-order valence-corrected chi connectivity index (χ3v) is 3.69. The van der Waals surface area contributed by atoms with Gasteiger partial charge in [-0.05, 0) is 30.1 Å². The number of hydrogen-bond donors (Lipinski definition) is 0. The first kappa shape index (κ1) is 10.7. The lowest BCUT2D eigenvalue weighted by Gasteiger charge is -2.09. The Morgan fingerprint density at radius 2 is 1.39 bits per heavy atom. The van der Waals surface area contributed by atoms with Crippen LogP contribution in [0.25, 0.3) is 33.3 Å². The van der Waals surface area contributed by atoms with Crippen LogP contribution in [-0.4, -0.2) is 9.97 Å². The Kier molecular flexibility index (Phi) is 2.63. The summed E-state index contributed by atoms with van der Waals surface area (Å²) >= 11 is 0. The van der Waals surface area contributed by atoms with E-state index in [4.69, 9.17) is 4.11 Å². The zero-order valence-electron chi connectivity index (χ0n) is 15.7. The van der Waals surface area contributed by atoms with Crippen molar-refractivity contribution >= 4 is 10.9 Å². The molecule has 0 bridgehead atoms. The van der Waals surface area contributed by atoms with Gasteiger partial charge in [-0.3, -0.25) is 0 Å². The van der Waals surface area contributed by atoms with Gasteiger partial charge in [0.25, 0.3) is 0 Å². The summed E-state index contributed by atoms with van der Waals surface area (Å²) in [4.78, 5) is 8.94. The van der Waals surface area contributed by atoms with E-state index < -0.39 is 0 Å². The minimum atomic E-state index is 0.0193. The molecule has 0 atom stereocenters. The van der Waals surface area contributed by atoms with Crippen molar-refractivity contribution in [3.8, 4) is 22.4 Å². The molecule has 1 aromatic heterocycles. The smallest absolute Gasteiger partial charge is 0.126 e. The topological polar surface area (TPSA) is 25.8 Å². The van der Waals surface area contributed by atoms with Crippen LogP contribution in [0.15, 0.2) is 78.8 Å². The van der Waals surface area contributed by atoms with Gasteiger partial charge in [0, 0.05) is 10.9 Å². The Labute approximate surface area is 139 Å². The number of aryl methyl sites for hydroxylation is 1. The normalized spacial score (nSPS) is 12.7. The van der Waals surface area contributed by atoms with Gasteiger partial charge >= 0.3 is 0 Å². The van der Waals surface area contributed by atoms with Gasteiger partial charge in [-0.25, -0.2) is 9.97 Å². The highest BCUT2D eigenvalue weighted by molar-refractivity contribution is 5.95. The Hall–Kier alpha value is -3.00. The summed E-state index contributed by atoms with van der Waals surface area (Å²) in [6, 6.07) is 19.2. The number of rotatable bonds is 2. The van der Waals surface area contributed by atoms with E-state index in [0.29, 0.717) is 28.0 Å². The molecule has 23 heavy (non-hydrogen) atoms. The quantitative estimate of drug-likeness (QED) is 0.504. The minimum absolute atomic E-state index is 0.0193. The van der Waals surface area contributed by atoms with Crippen LogP contribution in [0.5, 0.6) is 0 Å². The van der Waals surface area contributed by atoms with Crippen LogP contribution in [0.3, 0.4) is 0 Å². The number of fused-ring (bicyclic) bond motifs is 1. The highest BCUT2D eigenvalue weighted by atomic mass is 14.9. The number of benzene rings is 3. The minimum Gasteiger partial charge on any atom is -0.233 e. The summed E-state index contributed by atoms with van der Waals surface area (Å²) in [5, 5.41) is 0.515. The largest absolute Gasteiger partial charge is 0.233 e. The van der Waals surface area contributed by atoms with Gasteiger partial charge in [-0.2, -0.15) is 0 Å². The van der Waals surface area contributed by atoms with Gasteiger partial charge < -0.3 is 0 Å². The molecule has 2 nitrogen and oxygen atoms in total. The molecule has 0 aliphatic carbocycles. The lowest BCUT2D eigenvalue weighted by Crippen LogP contribution is -1.94. The second kappa shape index (κ2) is 5.65. The maximum absolute atomic E-state index is 8.79. The number of nitrogens with zero attached hydrogens (tertiary/aromatic N) is 2. The molecule has 0 radical (unpaired) electrons. The van der Waals surface area contributed by atoms with Gasteiger partial charge in [0.05, 0.1) is 15.3 Å². The standard InChI is InChI=1S/C21H16N2/c1-15-22-20-13-12-18(16-8-4-2-5-9-16)14-19(20)21(23-15)17-10-6-3-7-11-17/h2-14H,1H3/i12D,13D,14D. The zero-order valence-corrected chi connectivity index (χ0v) is 12.7. The van der Waals surface area contributed by atoms with Gasteiger partial charge in [-0.1, -0.05) is 66.7 Å². The van der Waals surface area contributed by atoms with Crippen LogP contribution in [0.2, 0.25) is 0 Å². The molecule has 3 aromatic carbocycles. The van der Waals surface area contributed by atoms with E-state index in [0.717, 1.165) is 11.1 Å². The monoisotopic (exact) mass is 299 g/mol. The van der Waals surface area contributed by atoms with Crippen LogP contribution in [0.1, 0.15) is 9.94 Å². The molecular formula is C21H16N2. The Balaban J connectivity index is 2.17. The fourth-order valence-corrected chi connectivity index (χ4v) is 2.61. The van der Waals surface area contributed by atoms with E-state index in [1.807, 2.05) is 60.7 Å². The van der Waals surface area contributed by atoms with Crippen molar-refractivity contribution in [2.75, 3.05) is 0 Å². The molecular weight excluding hydrogens is 280 g/mol. The van der Waals surface area contributed by atoms with E-state index in [2.05, 4.69) is 9.97 Å². The van der Waals surface area contributed by atoms with E-state index >= 15 is 0 Å². The first-order valence-electron chi connectivity index (χ1n) is 8.97. The first-order chi connectivity index (χ1) is 12.6. The molecule has 0 aliphatic heterocycles.